The first-order chi connectivity index (χ1) is 20.3. The molecule has 0 spiro atoms. The molecule has 9 nitrogen and oxygen atoms in total. The van der Waals surface area contributed by atoms with Gasteiger partial charge in [-0.3, -0.25) is 4.79 Å². The third-order valence-corrected chi connectivity index (χ3v) is 4.41. The van der Waals surface area contributed by atoms with Crippen molar-refractivity contribution in [2.75, 3.05) is 18.8 Å². The van der Waals surface area contributed by atoms with Crippen LogP contribution in [-0.4, -0.2) is 58.3 Å². The Bertz CT molecular complexity index is 976. The Morgan fingerprint density at radius 3 is 1.98 bits per heavy atom. The number of anilines is 1. The molecule has 1 amide bonds. The first-order valence-electron chi connectivity index (χ1n) is 13.4. The number of piperidine rings is 1. The van der Waals surface area contributed by atoms with Crippen LogP contribution >= 0.6 is 0 Å². The van der Waals surface area contributed by atoms with Crippen LogP contribution in [0.1, 0.15) is 76.8 Å². The highest BCUT2D eigenvalue weighted by molar-refractivity contribution is 6.12. The summed E-state index contributed by atoms with van der Waals surface area (Å²) >= 11 is 0. The number of nitrogens with one attached hydrogen (secondary N) is 2. The zero-order valence-corrected chi connectivity index (χ0v) is 26.1. The number of hydrogen-bond donors (Lipinski definition) is 4. The van der Waals surface area contributed by atoms with E-state index in [1.807, 2.05) is 45.0 Å². The molecule has 1 aromatic carbocycles. The summed E-state index contributed by atoms with van der Waals surface area (Å²) in [6.45, 7) is 20.2. The molecule has 43 heavy (non-hydrogen) atoms. The number of nitrogens with zero attached hydrogens (tertiary/aromatic N) is 3. The van der Waals surface area contributed by atoms with Crippen LogP contribution in [0.25, 0.3) is 0 Å². The summed E-state index contributed by atoms with van der Waals surface area (Å²) in [5.41, 5.74) is 7.53. The molecule has 5 N–H and O–H groups in total. The lowest BCUT2D eigenvalue weighted by Crippen LogP contribution is -2.33. The van der Waals surface area contributed by atoms with E-state index in [2.05, 4.69) is 61.4 Å². The number of alkyl halides is 3. The fourth-order valence-corrected chi connectivity index (χ4v) is 2.56. The lowest BCUT2D eigenvalue weighted by molar-refractivity contribution is -0.213. The van der Waals surface area contributed by atoms with Crippen LogP contribution in [0.15, 0.2) is 54.1 Å². The van der Waals surface area contributed by atoms with Gasteiger partial charge in [0.25, 0.3) is 5.89 Å². The molecule has 1 aromatic heterocycles. The summed E-state index contributed by atoms with van der Waals surface area (Å²) in [6, 6.07) is 7.80. The molecule has 2 atom stereocenters. The second-order valence-electron chi connectivity index (χ2n) is 8.77. The summed E-state index contributed by atoms with van der Waals surface area (Å²) in [4.78, 5) is 15.7. The molecule has 1 saturated heterocycles. The van der Waals surface area contributed by atoms with Crippen molar-refractivity contribution in [1.82, 2.24) is 15.0 Å². The molecule has 0 saturated carbocycles. The van der Waals surface area contributed by atoms with Crippen molar-refractivity contribution in [2.45, 2.75) is 72.6 Å². The minimum Gasteiger partial charge on any atom is -0.399 e. The number of aromatic nitrogens is 2. The van der Waals surface area contributed by atoms with E-state index < -0.39 is 18.2 Å². The number of para-hydroxylation sites is 1. The number of terminal acetylenes is 1. The summed E-state index contributed by atoms with van der Waals surface area (Å²) in [7, 11) is 0. The highest BCUT2D eigenvalue weighted by Crippen LogP contribution is 2.32. The van der Waals surface area contributed by atoms with Crippen molar-refractivity contribution < 1.29 is 27.6 Å². The third kappa shape index (κ3) is 25.2. The highest BCUT2D eigenvalue weighted by atomic mass is 19.4. The van der Waals surface area contributed by atoms with E-state index in [1.54, 1.807) is 12.2 Å². The molecule has 0 aliphatic carbocycles. The fourth-order valence-electron chi connectivity index (χ4n) is 2.56. The van der Waals surface area contributed by atoms with Gasteiger partial charge in [-0.2, -0.15) is 18.2 Å². The molecule has 1 fully saturated rings. The third-order valence-electron chi connectivity index (χ3n) is 4.41. The van der Waals surface area contributed by atoms with Crippen LogP contribution in [0, 0.1) is 36.5 Å². The second kappa shape index (κ2) is 29.3. The zero-order chi connectivity index (χ0) is 34.4. The number of halogens is 3. The van der Waals surface area contributed by atoms with Gasteiger partial charge < -0.3 is 31.1 Å². The molecule has 242 valence electrons. The number of likely N-dealkylation sites (tertiary alicyclic amines) is 1. The highest BCUT2D eigenvalue weighted by Gasteiger charge is 2.43. The van der Waals surface area contributed by atoms with E-state index >= 15 is 0 Å². The Kier molecular flexibility index (Phi) is 31.1. The topological polar surface area (TPSA) is 153 Å². The predicted molar refractivity (Wildman–Crippen MR) is 170 cm³/mol. The SMILES string of the molecule is C#C.C=CC=C.CC.CC(C)C.Cc1ccccc1N.N=CC=N.O=CN1CCC[C@@H](c2noc([C@@H](O)C(F)(F)F)n2)C1. The van der Waals surface area contributed by atoms with Gasteiger partial charge in [-0.1, -0.05) is 83.3 Å². The van der Waals surface area contributed by atoms with Crippen molar-refractivity contribution in [3.8, 4) is 12.8 Å². The van der Waals surface area contributed by atoms with Crippen LogP contribution in [0.3, 0.4) is 0 Å². The number of aliphatic hydroxyl groups excluding tert-OH is 1. The van der Waals surface area contributed by atoms with Crippen LogP contribution in [-0.2, 0) is 4.79 Å². The van der Waals surface area contributed by atoms with Crippen LogP contribution < -0.4 is 5.73 Å². The summed E-state index contributed by atoms with van der Waals surface area (Å²) in [6.07, 6.45) is 7.54. The van der Waals surface area contributed by atoms with Gasteiger partial charge in [-0.05, 0) is 37.3 Å². The first kappa shape index (κ1) is 45.7. The Labute approximate surface area is 255 Å². The number of amides is 1. The van der Waals surface area contributed by atoms with Gasteiger partial charge >= 0.3 is 6.18 Å². The Hall–Kier alpha value is -4.24. The molecule has 0 bridgehead atoms. The number of allylic oxidation sites excluding steroid dienone is 2. The van der Waals surface area contributed by atoms with E-state index in [-0.39, 0.29) is 11.7 Å². The molecule has 12 heteroatoms. The van der Waals surface area contributed by atoms with Gasteiger partial charge in [0.15, 0.2) is 5.82 Å². The van der Waals surface area contributed by atoms with Gasteiger partial charge in [-0.15, -0.1) is 12.8 Å². The van der Waals surface area contributed by atoms with Gasteiger partial charge in [0.2, 0.25) is 12.5 Å². The maximum Gasteiger partial charge on any atom is 0.423 e. The first-order valence-corrected chi connectivity index (χ1v) is 13.4. The number of hydrogen-bond acceptors (Lipinski definition) is 8. The number of rotatable bonds is 5. The summed E-state index contributed by atoms with van der Waals surface area (Å²) in [5, 5.41) is 24.6. The average Bonchev–Trinajstić information content (AvgIpc) is 3.50. The van der Waals surface area contributed by atoms with E-state index in [0.717, 1.165) is 36.0 Å². The minimum atomic E-state index is -4.84. The number of nitrogen functional groups attached to an aromatic ring is 1. The monoisotopic (exact) mass is 610 g/mol. The lowest BCUT2D eigenvalue weighted by atomic mass is 9.98. The quantitative estimate of drug-likeness (QED) is 0.0926. The Morgan fingerprint density at radius 2 is 1.63 bits per heavy atom. The average molecular weight is 611 g/mol. The smallest absolute Gasteiger partial charge is 0.399 e. The van der Waals surface area contributed by atoms with Gasteiger partial charge in [0, 0.05) is 37.1 Å². The molecule has 0 radical (unpaired) electrons. The lowest BCUT2D eigenvalue weighted by Gasteiger charge is -2.27. The maximum absolute atomic E-state index is 12.3. The van der Waals surface area contributed by atoms with Crippen LogP contribution in [0.5, 0.6) is 0 Å². The molecule has 1 aliphatic rings. The number of benzene rings is 1. The molecular formula is C31H49F3N6O3. The number of carbonyl (C=O) groups excluding carboxylic acids is 1. The van der Waals surface area contributed by atoms with E-state index in [4.69, 9.17) is 21.7 Å². The van der Waals surface area contributed by atoms with Crippen molar-refractivity contribution in [1.29, 1.82) is 10.8 Å². The number of nitrogens with two attached hydrogens (primary N) is 1. The molecule has 1 aliphatic heterocycles. The second-order valence-corrected chi connectivity index (χ2v) is 8.77. The molecule has 2 heterocycles. The zero-order valence-electron chi connectivity index (χ0n) is 26.1. The van der Waals surface area contributed by atoms with E-state index in [0.29, 0.717) is 25.9 Å². The van der Waals surface area contributed by atoms with E-state index in [9.17, 15) is 18.0 Å². The minimum absolute atomic E-state index is 0.0878. The maximum atomic E-state index is 12.3. The van der Waals surface area contributed by atoms with Gasteiger partial charge in [0.1, 0.15) is 0 Å². The molecule has 2 aromatic rings. The van der Waals surface area contributed by atoms with Crippen molar-refractivity contribution in [3.63, 3.8) is 0 Å². The van der Waals surface area contributed by atoms with Gasteiger partial charge in [-0.25, -0.2) is 0 Å². The summed E-state index contributed by atoms with van der Waals surface area (Å²) < 4.78 is 41.2. The standard InChI is InChI=1S/C10H12F3N3O3.C7H9N.C4H10.C4H6.C2H4N2.C2H6.C2H2/c11-10(12,13)7(18)9-14-8(15-19-9)6-2-1-3-16(4-6)5-17;1-6-4-2-3-5-7(6)8;1-4(2)3;1-3-4-2;3-1-2-4;2*1-2/h5-7,18H,1-4H2;2-5H,8H2,1H3;4H,1-3H3;3-4H,1-2H2;1-4H;1-2H3;1-2H/t6-,7-;;;;;;/m1....../s1. The van der Waals surface area contributed by atoms with Crippen molar-refractivity contribution in [2.24, 2.45) is 5.92 Å². The fraction of sp³-hybridized carbons (Fsp3) is 0.452. The van der Waals surface area contributed by atoms with Gasteiger partial charge in [0.05, 0.1) is 0 Å². The van der Waals surface area contributed by atoms with Crippen molar-refractivity contribution >= 4 is 24.5 Å². The van der Waals surface area contributed by atoms with E-state index in [1.165, 1.54) is 4.90 Å². The molecule has 0 unspecified atom stereocenters. The normalized spacial score (nSPS) is 13.5. The number of aliphatic hydroxyl groups is 1. The molecular weight excluding hydrogens is 561 g/mol. The Morgan fingerprint density at radius 1 is 1.14 bits per heavy atom. The van der Waals surface area contributed by atoms with Crippen LogP contribution in [0.4, 0.5) is 18.9 Å². The van der Waals surface area contributed by atoms with Crippen LogP contribution in [0.2, 0.25) is 0 Å². The largest absolute Gasteiger partial charge is 0.423 e. The predicted octanol–water partition coefficient (Wildman–Crippen LogP) is 7.16. The summed E-state index contributed by atoms with van der Waals surface area (Å²) in [5.74, 6) is -0.215. The number of carbonyl (C=O) groups is 1. The Balaban J connectivity index is -0.000000262. The molecule has 3 rings (SSSR count). The number of aryl methyl sites for hydroxylation is 1. The van der Waals surface area contributed by atoms with Crippen molar-refractivity contribution in [3.05, 3.63) is 66.9 Å².